The number of imidazole rings is 1. The Morgan fingerprint density at radius 3 is 3.05 bits per heavy atom. The van der Waals surface area contributed by atoms with Gasteiger partial charge in [0, 0.05) is 17.9 Å². The van der Waals surface area contributed by atoms with Crippen molar-refractivity contribution >= 4 is 22.8 Å². The van der Waals surface area contributed by atoms with E-state index in [0.29, 0.717) is 6.04 Å². The molecule has 0 aliphatic carbocycles. The highest BCUT2D eigenvalue weighted by Gasteiger charge is 2.06. The Morgan fingerprint density at radius 2 is 2.32 bits per heavy atom. The van der Waals surface area contributed by atoms with Gasteiger partial charge < -0.3 is 15.0 Å². The van der Waals surface area contributed by atoms with E-state index < -0.39 is 0 Å². The summed E-state index contributed by atoms with van der Waals surface area (Å²) >= 11 is 1.77. The third-order valence-corrected chi connectivity index (χ3v) is 3.92. The molecule has 4 nitrogen and oxygen atoms in total. The average Bonchev–Trinajstić information content (AvgIpc) is 2.80. The van der Waals surface area contributed by atoms with Crippen molar-refractivity contribution < 1.29 is 4.74 Å². The van der Waals surface area contributed by atoms with Gasteiger partial charge >= 0.3 is 0 Å². The van der Waals surface area contributed by atoms with Crippen molar-refractivity contribution in [1.82, 2.24) is 15.3 Å². The van der Waals surface area contributed by atoms with Crippen LogP contribution in [0.2, 0.25) is 0 Å². The second-order valence-electron chi connectivity index (χ2n) is 4.52. The summed E-state index contributed by atoms with van der Waals surface area (Å²) in [5, 5.41) is 4.39. The largest absolute Gasteiger partial charge is 0.497 e. The van der Waals surface area contributed by atoms with E-state index in [2.05, 4.69) is 29.1 Å². The Balaban J connectivity index is 1.94. The van der Waals surface area contributed by atoms with Gasteiger partial charge in [0.1, 0.15) is 5.75 Å². The highest BCUT2D eigenvalue weighted by Crippen LogP contribution is 2.23. The molecule has 0 saturated carbocycles. The Hall–Kier alpha value is -1.20. The Labute approximate surface area is 118 Å². The summed E-state index contributed by atoms with van der Waals surface area (Å²) < 4.78 is 5.21. The molecule has 0 aliphatic rings. The summed E-state index contributed by atoms with van der Waals surface area (Å²) in [6, 6.07) is 6.45. The molecule has 1 heterocycles. The van der Waals surface area contributed by atoms with Crippen LogP contribution in [0.15, 0.2) is 23.4 Å². The summed E-state index contributed by atoms with van der Waals surface area (Å²) in [4.78, 5) is 7.89. The van der Waals surface area contributed by atoms with Crippen molar-refractivity contribution in [2.45, 2.75) is 31.5 Å². The Bertz CT molecular complexity index is 526. The van der Waals surface area contributed by atoms with E-state index in [0.717, 1.165) is 40.7 Å². The second kappa shape index (κ2) is 6.82. The van der Waals surface area contributed by atoms with E-state index in [1.165, 1.54) is 0 Å². The standard InChI is InChI=1S/C14H21N3OS/c1-4-15-10(2)7-8-19-14-16-12-6-5-11(18-3)9-13(12)17-14/h5-6,9-10,15H,4,7-8H2,1-3H3,(H,16,17). The number of nitrogens with zero attached hydrogens (tertiary/aromatic N) is 1. The van der Waals surface area contributed by atoms with Crippen LogP contribution in [0.25, 0.3) is 11.0 Å². The molecule has 0 radical (unpaired) electrons. The molecule has 2 aromatic rings. The number of fused-ring (bicyclic) bond motifs is 1. The first-order valence-corrected chi connectivity index (χ1v) is 7.61. The fourth-order valence-electron chi connectivity index (χ4n) is 1.94. The summed E-state index contributed by atoms with van der Waals surface area (Å²) in [7, 11) is 1.68. The molecular formula is C14H21N3OS. The first-order chi connectivity index (χ1) is 9.22. The molecular weight excluding hydrogens is 258 g/mol. The van der Waals surface area contributed by atoms with Crippen molar-refractivity contribution in [3.8, 4) is 5.75 Å². The van der Waals surface area contributed by atoms with Crippen LogP contribution in [0, 0.1) is 0 Å². The number of thioether (sulfide) groups is 1. The molecule has 104 valence electrons. The molecule has 1 atom stereocenters. The van der Waals surface area contributed by atoms with Crippen LogP contribution < -0.4 is 10.1 Å². The molecule has 0 saturated heterocycles. The molecule has 0 aliphatic heterocycles. The quantitative estimate of drug-likeness (QED) is 0.765. The lowest BCUT2D eigenvalue weighted by Gasteiger charge is -2.10. The van der Waals surface area contributed by atoms with Gasteiger partial charge in [0.25, 0.3) is 0 Å². The van der Waals surface area contributed by atoms with Gasteiger partial charge in [0.05, 0.1) is 18.1 Å². The van der Waals surface area contributed by atoms with Gasteiger partial charge in [0.2, 0.25) is 0 Å². The Morgan fingerprint density at radius 1 is 1.47 bits per heavy atom. The molecule has 1 aromatic heterocycles. The topological polar surface area (TPSA) is 49.9 Å². The number of aromatic nitrogens is 2. The lowest BCUT2D eigenvalue weighted by atomic mass is 10.3. The van der Waals surface area contributed by atoms with E-state index >= 15 is 0 Å². The molecule has 19 heavy (non-hydrogen) atoms. The minimum absolute atomic E-state index is 0.557. The third-order valence-electron chi connectivity index (χ3n) is 3.01. The van der Waals surface area contributed by atoms with Crippen LogP contribution in [-0.4, -0.2) is 35.4 Å². The van der Waals surface area contributed by atoms with E-state index in [1.807, 2.05) is 18.2 Å². The van der Waals surface area contributed by atoms with Crippen LogP contribution >= 0.6 is 11.8 Å². The highest BCUT2D eigenvalue weighted by molar-refractivity contribution is 7.99. The number of hydrogen-bond donors (Lipinski definition) is 2. The maximum absolute atomic E-state index is 5.21. The van der Waals surface area contributed by atoms with Crippen molar-refractivity contribution in [3.63, 3.8) is 0 Å². The summed E-state index contributed by atoms with van der Waals surface area (Å²) in [6.45, 7) is 5.38. The summed E-state index contributed by atoms with van der Waals surface area (Å²) in [5.74, 6) is 1.92. The predicted octanol–water partition coefficient (Wildman–Crippen LogP) is 3.05. The summed E-state index contributed by atoms with van der Waals surface area (Å²) in [6.07, 6.45) is 1.14. The number of benzene rings is 1. The molecule has 0 spiro atoms. The maximum Gasteiger partial charge on any atom is 0.166 e. The molecule has 1 aromatic carbocycles. The number of ether oxygens (including phenoxy) is 1. The molecule has 0 bridgehead atoms. The van der Waals surface area contributed by atoms with Crippen LogP contribution in [0.3, 0.4) is 0 Å². The van der Waals surface area contributed by atoms with E-state index in [-0.39, 0.29) is 0 Å². The maximum atomic E-state index is 5.21. The van der Waals surface area contributed by atoms with Gasteiger partial charge in [-0.2, -0.15) is 0 Å². The zero-order valence-corrected chi connectivity index (χ0v) is 12.5. The van der Waals surface area contributed by atoms with E-state index in [4.69, 9.17) is 4.74 Å². The fourth-order valence-corrected chi connectivity index (χ4v) is 2.95. The Kier molecular flexibility index (Phi) is 5.10. The number of methoxy groups -OCH3 is 1. The lowest BCUT2D eigenvalue weighted by Crippen LogP contribution is -2.25. The number of nitrogens with one attached hydrogen (secondary N) is 2. The van der Waals surface area contributed by atoms with Gasteiger partial charge in [-0.1, -0.05) is 18.7 Å². The summed E-state index contributed by atoms with van der Waals surface area (Å²) in [5.41, 5.74) is 2.02. The fraction of sp³-hybridized carbons (Fsp3) is 0.500. The zero-order chi connectivity index (χ0) is 13.7. The first-order valence-electron chi connectivity index (χ1n) is 6.63. The van der Waals surface area contributed by atoms with Gasteiger partial charge in [0.15, 0.2) is 5.16 Å². The molecule has 0 amide bonds. The molecule has 2 rings (SSSR count). The van der Waals surface area contributed by atoms with Crippen molar-refractivity contribution in [2.24, 2.45) is 0 Å². The van der Waals surface area contributed by atoms with E-state index in [9.17, 15) is 0 Å². The van der Waals surface area contributed by atoms with Crippen molar-refractivity contribution in [2.75, 3.05) is 19.4 Å². The second-order valence-corrected chi connectivity index (χ2v) is 5.60. The van der Waals surface area contributed by atoms with Crippen LogP contribution in [0.4, 0.5) is 0 Å². The van der Waals surface area contributed by atoms with Crippen molar-refractivity contribution in [3.05, 3.63) is 18.2 Å². The highest BCUT2D eigenvalue weighted by atomic mass is 32.2. The first kappa shape index (κ1) is 14.2. The van der Waals surface area contributed by atoms with E-state index in [1.54, 1.807) is 18.9 Å². The average molecular weight is 279 g/mol. The van der Waals surface area contributed by atoms with Crippen LogP contribution in [0.1, 0.15) is 20.3 Å². The van der Waals surface area contributed by atoms with Gasteiger partial charge in [-0.3, -0.25) is 0 Å². The molecule has 5 heteroatoms. The smallest absolute Gasteiger partial charge is 0.166 e. The normalized spacial score (nSPS) is 12.8. The van der Waals surface area contributed by atoms with Crippen molar-refractivity contribution in [1.29, 1.82) is 0 Å². The monoisotopic (exact) mass is 279 g/mol. The minimum atomic E-state index is 0.557. The number of rotatable bonds is 7. The molecule has 1 unspecified atom stereocenters. The minimum Gasteiger partial charge on any atom is -0.497 e. The third kappa shape index (κ3) is 3.88. The number of H-pyrrole nitrogens is 1. The van der Waals surface area contributed by atoms with Gasteiger partial charge in [-0.05, 0) is 32.0 Å². The lowest BCUT2D eigenvalue weighted by molar-refractivity contribution is 0.415. The van der Waals surface area contributed by atoms with Gasteiger partial charge in [-0.25, -0.2) is 4.98 Å². The molecule has 0 fully saturated rings. The number of hydrogen-bond acceptors (Lipinski definition) is 4. The predicted molar refractivity (Wildman–Crippen MR) is 81.1 cm³/mol. The van der Waals surface area contributed by atoms with Gasteiger partial charge in [-0.15, -0.1) is 0 Å². The molecule has 2 N–H and O–H groups in total. The number of aromatic amines is 1. The zero-order valence-electron chi connectivity index (χ0n) is 11.7. The van der Waals surface area contributed by atoms with Crippen LogP contribution in [-0.2, 0) is 0 Å². The SMILES string of the molecule is CCNC(C)CCSc1nc2ccc(OC)cc2[nH]1. The van der Waals surface area contributed by atoms with Crippen LogP contribution in [0.5, 0.6) is 5.75 Å².